The van der Waals surface area contributed by atoms with E-state index in [1.807, 2.05) is 0 Å². The first-order valence-corrected chi connectivity index (χ1v) is 13.2. The third-order valence-electron chi connectivity index (χ3n) is 6.38. The fraction of sp³-hybridized carbons (Fsp3) is 0.600. The number of unbranched alkanes of at least 4 members (excludes halogenated alkanes) is 9. The number of hydrogen-bond acceptors (Lipinski definition) is 1. The molecule has 2 aromatic rings. The monoisotopic (exact) mass is 421 g/mol. The normalized spacial score (nSPS) is 11.1. The van der Waals surface area contributed by atoms with Gasteiger partial charge in [0.1, 0.15) is 0 Å². The summed E-state index contributed by atoms with van der Waals surface area (Å²) in [7, 11) is 0. The number of benzene rings is 2. The minimum Gasteiger partial charge on any atom is -0.355 e. The average molecular weight is 422 g/mol. The molecular formula is C30H47N. The highest BCUT2D eigenvalue weighted by Gasteiger charge is 2.09. The SMILES string of the molecule is CCCCCCc1ccc(Nc2c(CCCCCC)cccc2CCCCCC)cc1. The van der Waals surface area contributed by atoms with Crippen molar-refractivity contribution in [2.45, 2.75) is 117 Å². The molecule has 0 aliphatic heterocycles. The van der Waals surface area contributed by atoms with Gasteiger partial charge in [-0.15, -0.1) is 0 Å². The molecule has 0 unspecified atom stereocenters. The fourth-order valence-electron chi connectivity index (χ4n) is 4.37. The van der Waals surface area contributed by atoms with Crippen LogP contribution in [0.15, 0.2) is 42.5 Å². The molecule has 0 saturated heterocycles. The van der Waals surface area contributed by atoms with Crippen LogP contribution in [0.2, 0.25) is 0 Å². The Kier molecular flexibility index (Phi) is 13.1. The number of anilines is 2. The summed E-state index contributed by atoms with van der Waals surface area (Å²) in [5.74, 6) is 0. The maximum absolute atomic E-state index is 3.83. The smallest absolute Gasteiger partial charge is 0.0449 e. The molecule has 0 atom stereocenters. The Morgan fingerprint density at radius 1 is 0.516 bits per heavy atom. The van der Waals surface area contributed by atoms with Gasteiger partial charge in [-0.05, 0) is 67.3 Å². The van der Waals surface area contributed by atoms with Crippen molar-refractivity contribution in [3.05, 3.63) is 59.2 Å². The number of rotatable bonds is 17. The van der Waals surface area contributed by atoms with Gasteiger partial charge in [-0.2, -0.15) is 0 Å². The predicted molar refractivity (Wildman–Crippen MR) is 140 cm³/mol. The van der Waals surface area contributed by atoms with Gasteiger partial charge in [-0.1, -0.05) is 109 Å². The van der Waals surface area contributed by atoms with E-state index < -0.39 is 0 Å². The highest BCUT2D eigenvalue weighted by molar-refractivity contribution is 5.67. The van der Waals surface area contributed by atoms with E-state index in [0.717, 1.165) is 0 Å². The third kappa shape index (κ3) is 9.93. The van der Waals surface area contributed by atoms with E-state index in [-0.39, 0.29) is 0 Å². The minimum absolute atomic E-state index is 1.18. The second-order valence-corrected chi connectivity index (χ2v) is 9.21. The van der Waals surface area contributed by atoms with Gasteiger partial charge in [0.2, 0.25) is 0 Å². The van der Waals surface area contributed by atoms with Crippen LogP contribution >= 0.6 is 0 Å². The second-order valence-electron chi connectivity index (χ2n) is 9.21. The summed E-state index contributed by atoms with van der Waals surface area (Å²) in [5.41, 5.74) is 7.06. The van der Waals surface area contributed by atoms with Crippen LogP contribution in [0.4, 0.5) is 11.4 Å². The van der Waals surface area contributed by atoms with Gasteiger partial charge in [-0.3, -0.25) is 0 Å². The average Bonchev–Trinajstić information content (AvgIpc) is 2.80. The zero-order valence-electron chi connectivity index (χ0n) is 20.6. The molecule has 0 aliphatic rings. The van der Waals surface area contributed by atoms with Gasteiger partial charge in [0.25, 0.3) is 0 Å². The first-order valence-electron chi connectivity index (χ1n) is 13.2. The van der Waals surface area contributed by atoms with Crippen LogP contribution in [0, 0.1) is 0 Å². The summed E-state index contributed by atoms with van der Waals surface area (Å²) < 4.78 is 0. The van der Waals surface area contributed by atoms with Gasteiger partial charge in [0.05, 0.1) is 0 Å². The molecule has 0 radical (unpaired) electrons. The zero-order valence-corrected chi connectivity index (χ0v) is 20.6. The quantitative estimate of drug-likeness (QED) is 0.251. The Morgan fingerprint density at radius 3 is 1.48 bits per heavy atom. The molecule has 0 spiro atoms. The first kappa shape index (κ1) is 25.5. The van der Waals surface area contributed by atoms with Crippen molar-refractivity contribution in [3.8, 4) is 0 Å². The Bertz CT molecular complexity index is 671. The standard InChI is InChI=1S/C30H47N/c1-4-7-10-13-17-26-22-24-29(25-23-26)31-30-27(18-14-11-8-5-2)20-16-21-28(30)19-15-12-9-6-3/h16,20-25,31H,4-15,17-19H2,1-3H3. The van der Waals surface area contributed by atoms with Gasteiger partial charge in [-0.25, -0.2) is 0 Å². The molecule has 0 heterocycles. The fourth-order valence-corrected chi connectivity index (χ4v) is 4.37. The molecule has 0 aromatic heterocycles. The predicted octanol–water partition coefficient (Wildman–Crippen LogP) is 9.80. The largest absolute Gasteiger partial charge is 0.355 e. The summed E-state index contributed by atoms with van der Waals surface area (Å²) >= 11 is 0. The first-order chi connectivity index (χ1) is 15.3. The maximum atomic E-state index is 3.83. The van der Waals surface area contributed by atoms with Crippen LogP contribution in [-0.4, -0.2) is 0 Å². The van der Waals surface area contributed by atoms with Crippen LogP contribution in [0.5, 0.6) is 0 Å². The lowest BCUT2D eigenvalue weighted by molar-refractivity contribution is 0.662. The van der Waals surface area contributed by atoms with E-state index in [9.17, 15) is 0 Å². The highest BCUT2D eigenvalue weighted by Crippen LogP contribution is 2.29. The molecule has 1 nitrogen and oxygen atoms in total. The number of aryl methyl sites for hydroxylation is 3. The van der Waals surface area contributed by atoms with Gasteiger partial charge in [0.15, 0.2) is 0 Å². The summed E-state index contributed by atoms with van der Waals surface area (Å²) in [5, 5.41) is 3.83. The molecule has 31 heavy (non-hydrogen) atoms. The molecule has 2 aromatic carbocycles. The third-order valence-corrected chi connectivity index (χ3v) is 6.38. The Labute approximate surface area is 193 Å². The molecule has 2 rings (SSSR count). The number of nitrogens with one attached hydrogen (secondary N) is 1. The molecule has 0 aliphatic carbocycles. The molecule has 0 saturated carbocycles. The Morgan fingerprint density at radius 2 is 1.00 bits per heavy atom. The van der Waals surface area contributed by atoms with E-state index >= 15 is 0 Å². The lowest BCUT2D eigenvalue weighted by Gasteiger charge is -2.18. The maximum Gasteiger partial charge on any atom is 0.0449 e. The molecule has 0 amide bonds. The van der Waals surface area contributed by atoms with Crippen molar-refractivity contribution in [1.29, 1.82) is 0 Å². The minimum atomic E-state index is 1.18. The van der Waals surface area contributed by atoms with Crippen molar-refractivity contribution in [1.82, 2.24) is 0 Å². The summed E-state index contributed by atoms with van der Waals surface area (Å²) in [6.45, 7) is 6.86. The summed E-state index contributed by atoms with van der Waals surface area (Å²) in [6, 6.07) is 16.2. The summed E-state index contributed by atoms with van der Waals surface area (Å²) in [6.07, 6.45) is 19.4. The van der Waals surface area contributed by atoms with E-state index in [4.69, 9.17) is 0 Å². The molecule has 0 fully saturated rings. The lowest BCUT2D eigenvalue weighted by atomic mass is 9.97. The molecular weight excluding hydrogens is 374 g/mol. The van der Waals surface area contributed by atoms with E-state index in [1.54, 1.807) is 0 Å². The lowest BCUT2D eigenvalue weighted by Crippen LogP contribution is -2.02. The molecule has 1 heteroatoms. The molecule has 1 N–H and O–H groups in total. The van der Waals surface area contributed by atoms with E-state index in [0.29, 0.717) is 0 Å². The highest BCUT2D eigenvalue weighted by atomic mass is 14.9. The zero-order chi connectivity index (χ0) is 22.2. The van der Waals surface area contributed by atoms with Gasteiger partial charge >= 0.3 is 0 Å². The number of hydrogen-bond donors (Lipinski definition) is 1. The van der Waals surface area contributed by atoms with Gasteiger partial charge in [0, 0.05) is 11.4 Å². The van der Waals surface area contributed by atoms with Crippen LogP contribution in [0.3, 0.4) is 0 Å². The Hall–Kier alpha value is -1.76. The van der Waals surface area contributed by atoms with Crippen LogP contribution in [0.25, 0.3) is 0 Å². The number of para-hydroxylation sites is 1. The summed E-state index contributed by atoms with van der Waals surface area (Å²) in [4.78, 5) is 0. The van der Waals surface area contributed by atoms with Crippen molar-refractivity contribution in [2.75, 3.05) is 5.32 Å². The second kappa shape index (κ2) is 16.0. The van der Waals surface area contributed by atoms with Crippen molar-refractivity contribution in [3.63, 3.8) is 0 Å². The Balaban J connectivity index is 2.07. The van der Waals surface area contributed by atoms with Crippen molar-refractivity contribution >= 4 is 11.4 Å². The van der Waals surface area contributed by atoms with E-state index in [1.165, 1.54) is 124 Å². The topological polar surface area (TPSA) is 12.0 Å². The van der Waals surface area contributed by atoms with Crippen LogP contribution < -0.4 is 5.32 Å². The van der Waals surface area contributed by atoms with Crippen molar-refractivity contribution in [2.24, 2.45) is 0 Å². The molecule has 0 bridgehead atoms. The van der Waals surface area contributed by atoms with Crippen LogP contribution in [-0.2, 0) is 19.3 Å². The van der Waals surface area contributed by atoms with E-state index in [2.05, 4.69) is 68.6 Å². The van der Waals surface area contributed by atoms with Crippen molar-refractivity contribution < 1.29 is 0 Å². The van der Waals surface area contributed by atoms with Crippen LogP contribution in [0.1, 0.15) is 115 Å². The molecule has 172 valence electrons. The van der Waals surface area contributed by atoms with Gasteiger partial charge < -0.3 is 5.32 Å².